The van der Waals surface area contributed by atoms with Crippen molar-refractivity contribution in [1.29, 1.82) is 0 Å². The highest BCUT2D eigenvalue weighted by atomic mass is 32.1. The van der Waals surface area contributed by atoms with Crippen molar-refractivity contribution in [1.82, 2.24) is 0 Å². The molecule has 0 atom stereocenters. The van der Waals surface area contributed by atoms with Gasteiger partial charge in [0.25, 0.3) is 0 Å². The summed E-state index contributed by atoms with van der Waals surface area (Å²) < 4.78 is 10.4. The number of benzene rings is 1. The van der Waals surface area contributed by atoms with Crippen LogP contribution in [0.2, 0.25) is 0 Å². The Morgan fingerprint density at radius 2 is 1.79 bits per heavy atom. The van der Waals surface area contributed by atoms with Gasteiger partial charge in [-0.15, -0.1) is 11.3 Å². The van der Waals surface area contributed by atoms with Crippen LogP contribution in [0.1, 0.15) is 27.7 Å². The number of aryl methyl sites for hydroxylation is 1. The first-order valence-corrected chi connectivity index (χ1v) is 6.91. The lowest BCUT2D eigenvalue weighted by atomic mass is 10.1. The average molecular weight is 276 g/mol. The highest BCUT2D eigenvalue weighted by Gasteiger charge is 2.16. The molecular weight excluding hydrogens is 260 g/mol. The van der Waals surface area contributed by atoms with E-state index in [2.05, 4.69) is 0 Å². The molecule has 0 saturated carbocycles. The van der Waals surface area contributed by atoms with Crippen LogP contribution in [-0.4, -0.2) is 20.0 Å². The summed E-state index contributed by atoms with van der Waals surface area (Å²) in [6.07, 6.45) is 0.853. The van der Waals surface area contributed by atoms with E-state index in [0.717, 1.165) is 16.9 Å². The molecule has 4 heteroatoms. The number of hydrogen-bond donors (Lipinski definition) is 0. The van der Waals surface area contributed by atoms with E-state index >= 15 is 0 Å². The van der Waals surface area contributed by atoms with Crippen molar-refractivity contribution in [2.75, 3.05) is 14.2 Å². The molecule has 100 valence electrons. The molecule has 0 aliphatic carbocycles. The van der Waals surface area contributed by atoms with Gasteiger partial charge in [0.1, 0.15) is 11.5 Å². The van der Waals surface area contributed by atoms with Crippen LogP contribution in [0.3, 0.4) is 0 Å². The lowest BCUT2D eigenvalue weighted by molar-refractivity contribution is 0.104. The van der Waals surface area contributed by atoms with Crippen molar-refractivity contribution in [2.45, 2.75) is 13.3 Å². The van der Waals surface area contributed by atoms with Crippen LogP contribution >= 0.6 is 11.3 Å². The zero-order chi connectivity index (χ0) is 13.8. The van der Waals surface area contributed by atoms with Gasteiger partial charge in [-0.25, -0.2) is 0 Å². The third-order valence-electron chi connectivity index (χ3n) is 2.95. The van der Waals surface area contributed by atoms with Crippen LogP contribution in [0.5, 0.6) is 11.5 Å². The van der Waals surface area contributed by atoms with E-state index < -0.39 is 0 Å². The van der Waals surface area contributed by atoms with Gasteiger partial charge in [-0.2, -0.15) is 0 Å². The monoisotopic (exact) mass is 276 g/mol. The van der Waals surface area contributed by atoms with Crippen molar-refractivity contribution < 1.29 is 14.3 Å². The molecule has 0 N–H and O–H groups in total. The summed E-state index contributed by atoms with van der Waals surface area (Å²) in [7, 11) is 3.15. The summed E-state index contributed by atoms with van der Waals surface area (Å²) in [5.74, 6) is 1.26. The number of thiophene rings is 1. The largest absolute Gasteiger partial charge is 0.497 e. The van der Waals surface area contributed by atoms with E-state index in [0.29, 0.717) is 17.1 Å². The molecule has 1 aromatic heterocycles. The van der Waals surface area contributed by atoms with Crippen LogP contribution in [0.4, 0.5) is 0 Å². The first kappa shape index (κ1) is 13.6. The molecule has 1 heterocycles. The molecule has 2 rings (SSSR count). The number of hydrogen-bond acceptors (Lipinski definition) is 4. The molecule has 0 unspecified atom stereocenters. The van der Waals surface area contributed by atoms with Crippen molar-refractivity contribution in [3.63, 3.8) is 0 Å². The Bertz CT molecular complexity index is 565. The Morgan fingerprint density at radius 3 is 2.32 bits per heavy atom. The minimum Gasteiger partial charge on any atom is -0.497 e. The fraction of sp³-hybridized carbons (Fsp3) is 0.267. The highest BCUT2D eigenvalue weighted by molar-refractivity contribution is 7.12. The van der Waals surface area contributed by atoms with Crippen molar-refractivity contribution in [3.8, 4) is 11.5 Å². The molecule has 0 radical (unpaired) electrons. The van der Waals surface area contributed by atoms with E-state index in [-0.39, 0.29) is 5.78 Å². The number of carbonyl (C=O) groups is 1. The fourth-order valence-electron chi connectivity index (χ4n) is 1.88. The second-order valence-corrected chi connectivity index (χ2v) is 4.98. The topological polar surface area (TPSA) is 35.5 Å². The van der Waals surface area contributed by atoms with Gasteiger partial charge in [0.2, 0.25) is 5.78 Å². The molecule has 0 fully saturated rings. The second kappa shape index (κ2) is 5.89. The summed E-state index contributed by atoms with van der Waals surface area (Å²) >= 11 is 1.47. The van der Waals surface area contributed by atoms with Crippen LogP contribution in [0.15, 0.2) is 29.6 Å². The Morgan fingerprint density at radius 1 is 1.16 bits per heavy atom. The van der Waals surface area contributed by atoms with Crippen molar-refractivity contribution in [3.05, 3.63) is 45.6 Å². The predicted molar refractivity (Wildman–Crippen MR) is 76.7 cm³/mol. The molecule has 0 aliphatic heterocycles. The maximum absolute atomic E-state index is 12.5. The number of rotatable bonds is 5. The van der Waals surface area contributed by atoms with E-state index in [4.69, 9.17) is 9.47 Å². The number of carbonyl (C=O) groups excluding carboxylic acids is 1. The first-order chi connectivity index (χ1) is 9.19. The molecule has 1 aromatic carbocycles. The van der Waals surface area contributed by atoms with Gasteiger partial charge in [-0.1, -0.05) is 6.92 Å². The lowest BCUT2D eigenvalue weighted by Crippen LogP contribution is -2.03. The standard InChI is InChI=1S/C15H16O3S/c1-4-10-5-6-19-15(10)14(16)11-7-12(17-2)9-13(8-11)18-3/h5-9H,4H2,1-3H3. The summed E-state index contributed by atoms with van der Waals surface area (Å²) in [5.41, 5.74) is 1.67. The lowest BCUT2D eigenvalue weighted by Gasteiger charge is -2.08. The first-order valence-electron chi connectivity index (χ1n) is 6.03. The van der Waals surface area contributed by atoms with Crippen LogP contribution in [0.25, 0.3) is 0 Å². The molecule has 0 bridgehead atoms. The van der Waals surface area contributed by atoms with E-state index in [1.165, 1.54) is 11.3 Å². The van der Waals surface area contributed by atoms with E-state index in [1.807, 2.05) is 18.4 Å². The van der Waals surface area contributed by atoms with Gasteiger partial charge < -0.3 is 9.47 Å². The molecule has 0 amide bonds. The summed E-state index contributed by atoms with van der Waals surface area (Å²) in [5, 5.41) is 1.95. The number of methoxy groups -OCH3 is 2. The minimum absolute atomic E-state index is 0.0176. The molecule has 0 spiro atoms. The van der Waals surface area contributed by atoms with Gasteiger partial charge >= 0.3 is 0 Å². The molecule has 2 aromatic rings. The predicted octanol–water partition coefficient (Wildman–Crippen LogP) is 3.56. The van der Waals surface area contributed by atoms with Gasteiger partial charge in [0, 0.05) is 11.6 Å². The third-order valence-corrected chi connectivity index (χ3v) is 3.90. The van der Waals surface area contributed by atoms with Crippen LogP contribution < -0.4 is 9.47 Å². The van der Waals surface area contributed by atoms with Gasteiger partial charge in [0.05, 0.1) is 19.1 Å². The average Bonchev–Trinajstić information content (AvgIpc) is 2.94. The van der Waals surface area contributed by atoms with Crippen molar-refractivity contribution >= 4 is 17.1 Å². The number of ketones is 1. The number of ether oxygens (including phenoxy) is 2. The molecule has 0 aliphatic rings. The maximum Gasteiger partial charge on any atom is 0.203 e. The Kier molecular flexibility index (Phi) is 4.22. The zero-order valence-electron chi connectivity index (χ0n) is 11.2. The molecule has 19 heavy (non-hydrogen) atoms. The molecule has 0 saturated heterocycles. The van der Waals surface area contributed by atoms with Gasteiger partial charge in [-0.05, 0) is 35.6 Å². The summed E-state index contributed by atoms with van der Waals surface area (Å²) in [4.78, 5) is 13.3. The normalized spacial score (nSPS) is 10.3. The SMILES string of the molecule is CCc1ccsc1C(=O)c1cc(OC)cc(OC)c1. The van der Waals surface area contributed by atoms with E-state index in [9.17, 15) is 4.79 Å². The van der Waals surface area contributed by atoms with Crippen LogP contribution in [0, 0.1) is 0 Å². The fourth-order valence-corrected chi connectivity index (χ4v) is 2.84. The van der Waals surface area contributed by atoms with Gasteiger partial charge in [-0.3, -0.25) is 4.79 Å². The molecule has 3 nitrogen and oxygen atoms in total. The highest BCUT2D eigenvalue weighted by Crippen LogP contribution is 2.27. The third kappa shape index (κ3) is 2.79. The Labute approximate surface area is 116 Å². The van der Waals surface area contributed by atoms with Crippen molar-refractivity contribution in [2.24, 2.45) is 0 Å². The Hall–Kier alpha value is -1.81. The Balaban J connectivity index is 2.43. The van der Waals surface area contributed by atoms with E-state index in [1.54, 1.807) is 32.4 Å². The van der Waals surface area contributed by atoms with Crippen LogP contribution in [-0.2, 0) is 6.42 Å². The summed E-state index contributed by atoms with van der Waals surface area (Å²) in [6.45, 7) is 2.05. The summed E-state index contributed by atoms with van der Waals surface area (Å²) in [6, 6.07) is 7.23. The minimum atomic E-state index is 0.0176. The molecular formula is C15H16O3S. The maximum atomic E-state index is 12.5. The second-order valence-electron chi connectivity index (χ2n) is 4.06. The quantitative estimate of drug-likeness (QED) is 0.783. The van der Waals surface area contributed by atoms with Gasteiger partial charge in [0.15, 0.2) is 0 Å². The smallest absolute Gasteiger partial charge is 0.203 e. The zero-order valence-corrected chi connectivity index (χ0v) is 12.0.